The lowest BCUT2D eigenvalue weighted by molar-refractivity contribution is 0.139. The number of rotatable bonds is 4. The number of ether oxygens (including phenoxy) is 1. The molecule has 1 fully saturated rings. The van der Waals surface area contributed by atoms with Crippen LogP contribution >= 0.6 is 11.3 Å². The molecule has 3 rings (SSSR count). The minimum absolute atomic E-state index is 0.246. The Morgan fingerprint density at radius 2 is 2.28 bits per heavy atom. The monoisotopic (exact) mass is 262 g/mol. The number of nitrogens with one attached hydrogen (secondary N) is 1. The maximum Gasteiger partial charge on any atom is 0.407 e. The summed E-state index contributed by atoms with van der Waals surface area (Å²) in [4.78, 5) is 15.8. The summed E-state index contributed by atoms with van der Waals surface area (Å²) in [5.41, 5.74) is 0.958. The molecule has 1 N–H and O–H groups in total. The zero-order chi connectivity index (χ0) is 12.4. The van der Waals surface area contributed by atoms with Gasteiger partial charge in [-0.25, -0.2) is 9.78 Å². The first kappa shape index (κ1) is 11.5. The van der Waals surface area contributed by atoms with Crippen molar-refractivity contribution >= 4 is 27.6 Å². The third-order valence-corrected chi connectivity index (χ3v) is 3.91. The van der Waals surface area contributed by atoms with Crippen molar-refractivity contribution < 1.29 is 9.53 Å². The lowest BCUT2D eigenvalue weighted by Crippen LogP contribution is -2.26. The van der Waals surface area contributed by atoms with E-state index in [9.17, 15) is 4.79 Å². The van der Waals surface area contributed by atoms with Gasteiger partial charge in [0.25, 0.3) is 0 Å². The average molecular weight is 262 g/mol. The van der Waals surface area contributed by atoms with E-state index in [2.05, 4.69) is 10.3 Å². The first-order valence-corrected chi connectivity index (χ1v) is 6.88. The van der Waals surface area contributed by atoms with Gasteiger partial charge in [0.1, 0.15) is 11.6 Å². The van der Waals surface area contributed by atoms with Gasteiger partial charge in [-0.05, 0) is 30.9 Å². The molecule has 0 atom stereocenters. The van der Waals surface area contributed by atoms with Gasteiger partial charge in [-0.15, -0.1) is 11.3 Å². The van der Waals surface area contributed by atoms with E-state index in [1.54, 1.807) is 11.3 Å². The largest absolute Gasteiger partial charge is 0.442 e. The zero-order valence-corrected chi connectivity index (χ0v) is 10.7. The third-order valence-electron chi connectivity index (χ3n) is 2.90. The summed E-state index contributed by atoms with van der Waals surface area (Å²) in [5.74, 6) is 0.667. The Bertz CT molecular complexity index is 530. The summed E-state index contributed by atoms with van der Waals surface area (Å²) in [7, 11) is 0. The van der Waals surface area contributed by atoms with Crippen LogP contribution in [0.25, 0.3) is 10.2 Å². The van der Waals surface area contributed by atoms with Crippen molar-refractivity contribution in [1.82, 2.24) is 10.3 Å². The SMILES string of the molecule is O=C(NCC1CC1)OCc1nc2ccccc2s1. The molecule has 1 saturated carbocycles. The van der Waals surface area contributed by atoms with Crippen molar-refractivity contribution in [2.45, 2.75) is 19.4 Å². The Labute approximate surface area is 109 Å². The topological polar surface area (TPSA) is 51.2 Å². The van der Waals surface area contributed by atoms with Crippen LogP contribution in [0.5, 0.6) is 0 Å². The standard InChI is InChI=1S/C13H14N2O2S/c16-13(14-7-9-5-6-9)17-8-12-15-10-3-1-2-4-11(10)18-12/h1-4,9H,5-8H2,(H,14,16). The van der Waals surface area contributed by atoms with Crippen LogP contribution < -0.4 is 5.32 Å². The van der Waals surface area contributed by atoms with E-state index in [0.717, 1.165) is 21.8 Å². The van der Waals surface area contributed by atoms with E-state index in [1.165, 1.54) is 12.8 Å². The maximum absolute atomic E-state index is 11.4. The van der Waals surface area contributed by atoms with Gasteiger partial charge >= 0.3 is 6.09 Å². The molecule has 1 aliphatic carbocycles. The molecule has 1 aliphatic rings. The molecule has 4 nitrogen and oxygen atoms in total. The van der Waals surface area contributed by atoms with Crippen molar-refractivity contribution in [2.75, 3.05) is 6.54 Å². The Morgan fingerprint density at radius 3 is 3.06 bits per heavy atom. The highest BCUT2D eigenvalue weighted by atomic mass is 32.1. The number of nitrogens with zero attached hydrogens (tertiary/aromatic N) is 1. The van der Waals surface area contributed by atoms with E-state index < -0.39 is 0 Å². The highest BCUT2D eigenvalue weighted by Gasteiger charge is 2.21. The fourth-order valence-corrected chi connectivity index (χ4v) is 2.59. The van der Waals surface area contributed by atoms with Crippen molar-refractivity contribution in [3.8, 4) is 0 Å². The molecule has 18 heavy (non-hydrogen) atoms. The minimum atomic E-state index is -0.346. The van der Waals surface area contributed by atoms with Crippen molar-refractivity contribution in [3.05, 3.63) is 29.3 Å². The van der Waals surface area contributed by atoms with Crippen LogP contribution in [0.1, 0.15) is 17.8 Å². The summed E-state index contributed by atoms with van der Waals surface area (Å²) in [6, 6.07) is 7.91. The Kier molecular flexibility index (Phi) is 3.15. The summed E-state index contributed by atoms with van der Waals surface area (Å²) >= 11 is 1.56. The Hall–Kier alpha value is -1.62. The number of hydrogen-bond acceptors (Lipinski definition) is 4. The van der Waals surface area contributed by atoms with Crippen molar-refractivity contribution in [2.24, 2.45) is 5.92 Å². The van der Waals surface area contributed by atoms with Crippen molar-refractivity contribution in [3.63, 3.8) is 0 Å². The van der Waals surface area contributed by atoms with Gasteiger partial charge in [0, 0.05) is 6.54 Å². The molecular formula is C13H14N2O2S. The molecular weight excluding hydrogens is 248 g/mol. The molecule has 94 valence electrons. The number of thiazole rings is 1. The van der Waals surface area contributed by atoms with Crippen LogP contribution in [0.4, 0.5) is 4.79 Å². The molecule has 0 unspecified atom stereocenters. The van der Waals surface area contributed by atoms with Crippen LogP contribution in [0.3, 0.4) is 0 Å². The number of alkyl carbamates (subject to hydrolysis) is 1. The number of hydrogen-bond donors (Lipinski definition) is 1. The van der Waals surface area contributed by atoms with Crippen LogP contribution in [-0.2, 0) is 11.3 Å². The van der Waals surface area contributed by atoms with E-state index >= 15 is 0 Å². The molecule has 0 spiro atoms. The molecule has 0 radical (unpaired) electrons. The molecule has 2 aromatic rings. The van der Waals surface area contributed by atoms with Gasteiger partial charge in [-0.2, -0.15) is 0 Å². The molecule has 0 saturated heterocycles. The highest BCUT2D eigenvalue weighted by molar-refractivity contribution is 7.18. The number of para-hydroxylation sites is 1. The van der Waals surface area contributed by atoms with Crippen LogP contribution in [0.15, 0.2) is 24.3 Å². The van der Waals surface area contributed by atoms with E-state index in [4.69, 9.17) is 4.74 Å². The summed E-state index contributed by atoms with van der Waals surface area (Å²) in [6.07, 6.45) is 2.09. The number of carbonyl (C=O) groups is 1. The summed E-state index contributed by atoms with van der Waals surface area (Å²) < 4.78 is 6.25. The van der Waals surface area contributed by atoms with E-state index in [-0.39, 0.29) is 12.7 Å². The molecule has 1 aromatic carbocycles. The number of carbonyl (C=O) groups excluding carboxylic acids is 1. The van der Waals surface area contributed by atoms with Crippen molar-refractivity contribution in [1.29, 1.82) is 0 Å². The van der Waals surface area contributed by atoms with Gasteiger partial charge in [0.2, 0.25) is 0 Å². The number of benzene rings is 1. The zero-order valence-electron chi connectivity index (χ0n) is 9.89. The van der Waals surface area contributed by atoms with Gasteiger partial charge in [0.05, 0.1) is 10.2 Å². The first-order valence-electron chi connectivity index (χ1n) is 6.06. The van der Waals surface area contributed by atoms with Crippen LogP contribution in [0.2, 0.25) is 0 Å². The highest BCUT2D eigenvalue weighted by Crippen LogP contribution is 2.27. The Balaban J connectivity index is 1.53. The van der Waals surface area contributed by atoms with E-state index in [1.807, 2.05) is 24.3 Å². The molecule has 0 bridgehead atoms. The second kappa shape index (κ2) is 4.94. The molecule has 5 heteroatoms. The predicted molar refractivity (Wildman–Crippen MR) is 70.5 cm³/mol. The van der Waals surface area contributed by atoms with E-state index in [0.29, 0.717) is 5.92 Å². The lowest BCUT2D eigenvalue weighted by Gasteiger charge is -2.03. The normalized spacial score (nSPS) is 14.7. The Morgan fingerprint density at radius 1 is 1.44 bits per heavy atom. The van der Waals surface area contributed by atoms with Gasteiger partial charge in [-0.1, -0.05) is 12.1 Å². The lowest BCUT2D eigenvalue weighted by atomic mass is 10.3. The fraction of sp³-hybridized carbons (Fsp3) is 0.385. The second-order valence-corrected chi connectivity index (χ2v) is 5.59. The smallest absolute Gasteiger partial charge is 0.407 e. The van der Waals surface area contributed by atoms with Crippen LogP contribution in [0, 0.1) is 5.92 Å². The van der Waals surface area contributed by atoms with Gasteiger partial charge in [-0.3, -0.25) is 0 Å². The molecule has 1 amide bonds. The molecule has 0 aliphatic heterocycles. The predicted octanol–water partition coefficient (Wildman–Crippen LogP) is 2.93. The summed E-state index contributed by atoms with van der Waals surface area (Å²) in [6.45, 7) is 0.981. The number of aromatic nitrogens is 1. The molecule has 1 aromatic heterocycles. The maximum atomic E-state index is 11.4. The average Bonchev–Trinajstić information content (AvgIpc) is 3.11. The quantitative estimate of drug-likeness (QED) is 0.921. The van der Waals surface area contributed by atoms with Gasteiger partial charge in [0.15, 0.2) is 0 Å². The summed E-state index contributed by atoms with van der Waals surface area (Å²) in [5, 5.41) is 3.60. The number of amides is 1. The van der Waals surface area contributed by atoms with Gasteiger partial charge < -0.3 is 10.1 Å². The molecule has 1 heterocycles. The minimum Gasteiger partial charge on any atom is -0.442 e. The number of fused-ring (bicyclic) bond motifs is 1. The third kappa shape index (κ3) is 2.79. The second-order valence-electron chi connectivity index (χ2n) is 4.48. The fourth-order valence-electron chi connectivity index (χ4n) is 1.71. The first-order chi connectivity index (χ1) is 8.81. The van der Waals surface area contributed by atoms with Crippen LogP contribution in [-0.4, -0.2) is 17.6 Å².